The summed E-state index contributed by atoms with van der Waals surface area (Å²) in [4.78, 5) is 39.4. The Balaban J connectivity index is 1.52. The SMILES string of the molecule is COc1cc(NC(=O)Cn2nc(C(=O)N3CCc4ccccc43)ccc2=O)cc(OC)c1. The van der Waals surface area contributed by atoms with Crippen LogP contribution in [0.4, 0.5) is 11.4 Å². The number of anilines is 2. The number of amides is 2. The van der Waals surface area contributed by atoms with Gasteiger partial charge in [0.2, 0.25) is 5.91 Å². The molecular formula is C23H22N4O5. The lowest BCUT2D eigenvalue weighted by atomic mass is 10.2. The number of fused-ring (bicyclic) bond motifs is 1. The fraction of sp³-hybridized carbons (Fsp3) is 0.217. The summed E-state index contributed by atoms with van der Waals surface area (Å²) in [5.41, 5.74) is 1.98. The minimum absolute atomic E-state index is 0.0946. The topological polar surface area (TPSA) is 103 Å². The molecule has 9 nitrogen and oxygen atoms in total. The Morgan fingerprint density at radius 2 is 1.75 bits per heavy atom. The van der Waals surface area contributed by atoms with E-state index in [0.29, 0.717) is 23.7 Å². The molecule has 3 aromatic rings. The van der Waals surface area contributed by atoms with E-state index in [0.717, 1.165) is 22.4 Å². The molecule has 4 rings (SSSR count). The Hall–Kier alpha value is -4.14. The number of hydrogen-bond donors (Lipinski definition) is 1. The largest absolute Gasteiger partial charge is 0.497 e. The molecule has 2 amide bonds. The van der Waals surface area contributed by atoms with Crippen molar-refractivity contribution in [1.82, 2.24) is 9.78 Å². The number of methoxy groups -OCH3 is 2. The second-order valence-corrected chi connectivity index (χ2v) is 7.20. The molecule has 0 fully saturated rings. The molecule has 9 heteroatoms. The van der Waals surface area contributed by atoms with Crippen LogP contribution in [0, 0.1) is 0 Å². The molecule has 0 bridgehead atoms. The third-order valence-electron chi connectivity index (χ3n) is 5.15. The highest BCUT2D eigenvalue weighted by Gasteiger charge is 2.26. The van der Waals surface area contributed by atoms with E-state index in [1.165, 1.54) is 26.4 Å². The number of benzene rings is 2. The summed E-state index contributed by atoms with van der Waals surface area (Å²) in [5, 5.41) is 6.83. The first kappa shape index (κ1) is 21.1. The number of nitrogens with one attached hydrogen (secondary N) is 1. The fourth-order valence-electron chi connectivity index (χ4n) is 3.58. The van der Waals surface area contributed by atoms with E-state index in [1.807, 2.05) is 24.3 Å². The van der Waals surface area contributed by atoms with E-state index in [4.69, 9.17) is 9.47 Å². The van der Waals surface area contributed by atoms with Crippen molar-refractivity contribution in [3.63, 3.8) is 0 Å². The summed E-state index contributed by atoms with van der Waals surface area (Å²) in [7, 11) is 3.01. The van der Waals surface area contributed by atoms with Gasteiger partial charge in [0.05, 0.1) is 14.2 Å². The molecule has 0 spiro atoms. The fourth-order valence-corrected chi connectivity index (χ4v) is 3.58. The minimum atomic E-state index is -0.484. The summed E-state index contributed by atoms with van der Waals surface area (Å²) in [5.74, 6) is 0.217. The second-order valence-electron chi connectivity index (χ2n) is 7.20. The monoisotopic (exact) mass is 434 g/mol. The molecule has 0 saturated carbocycles. The molecule has 0 atom stereocenters. The molecule has 164 valence electrons. The average molecular weight is 434 g/mol. The van der Waals surface area contributed by atoms with E-state index in [9.17, 15) is 14.4 Å². The van der Waals surface area contributed by atoms with E-state index >= 15 is 0 Å². The Morgan fingerprint density at radius 1 is 1.03 bits per heavy atom. The zero-order chi connectivity index (χ0) is 22.7. The highest BCUT2D eigenvalue weighted by atomic mass is 16.5. The van der Waals surface area contributed by atoms with Crippen LogP contribution >= 0.6 is 0 Å². The highest BCUT2D eigenvalue weighted by Crippen LogP contribution is 2.28. The second kappa shape index (κ2) is 8.93. The zero-order valence-corrected chi connectivity index (χ0v) is 17.7. The van der Waals surface area contributed by atoms with Crippen LogP contribution in [0.3, 0.4) is 0 Å². The molecule has 1 aliphatic rings. The van der Waals surface area contributed by atoms with Gasteiger partial charge in [-0.15, -0.1) is 0 Å². The van der Waals surface area contributed by atoms with Crippen LogP contribution in [0.2, 0.25) is 0 Å². The molecule has 1 aromatic heterocycles. The predicted octanol–water partition coefficient (Wildman–Crippen LogP) is 2.10. The van der Waals surface area contributed by atoms with E-state index < -0.39 is 11.5 Å². The van der Waals surface area contributed by atoms with Gasteiger partial charge in [-0.25, -0.2) is 4.68 Å². The van der Waals surface area contributed by atoms with Crippen molar-refractivity contribution in [2.75, 3.05) is 31.0 Å². The number of aromatic nitrogens is 2. The molecule has 2 heterocycles. The zero-order valence-electron chi connectivity index (χ0n) is 17.7. The van der Waals surface area contributed by atoms with Crippen molar-refractivity contribution >= 4 is 23.2 Å². The van der Waals surface area contributed by atoms with Crippen molar-refractivity contribution in [2.24, 2.45) is 0 Å². The van der Waals surface area contributed by atoms with Gasteiger partial charge in [-0.1, -0.05) is 18.2 Å². The Kier molecular flexibility index (Phi) is 5.89. The van der Waals surface area contributed by atoms with Gasteiger partial charge in [0.15, 0.2) is 0 Å². The third-order valence-corrected chi connectivity index (χ3v) is 5.15. The van der Waals surface area contributed by atoms with Crippen LogP contribution in [-0.2, 0) is 17.8 Å². The lowest BCUT2D eigenvalue weighted by Gasteiger charge is -2.17. The number of hydrogen-bond acceptors (Lipinski definition) is 6. The summed E-state index contributed by atoms with van der Waals surface area (Å²) < 4.78 is 11.4. The molecule has 0 aliphatic carbocycles. The summed E-state index contributed by atoms with van der Waals surface area (Å²) >= 11 is 0. The van der Waals surface area contributed by atoms with Crippen LogP contribution in [0.25, 0.3) is 0 Å². The quantitative estimate of drug-likeness (QED) is 0.637. The number of carbonyl (C=O) groups is 2. The van der Waals surface area contributed by atoms with Gasteiger partial charge in [-0.05, 0) is 24.1 Å². The van der Waals surface area contributed by atoms with Gasteiger partial charge in [-0.2, -0.15) is 5.10 Å². The number of carbonyl (C=O) groups excluding carboxylic acids is 2. The molecule has 1 aliphatic heterocycles. The van der Waals surface area contributed by atoms with E-state index in [1.54, 1.807) is 23.1 Å². The first-order valence-electron chi connectivity index (χ1n) is 9.99. The number of rotatable bonds is 6. The molecular weight excluding hydrogens is 412 g/mol. The number of ether oxygens (including phenoxy) is 2. The molecule has 0 unspecified atom stereocenters. The minimum Gasteiger partial charge on any atom is -0.497 e. The maximum absolute atomic E-state index is 13.0. The molecule has 1 N–H and O–H groups in total. The standard InChI is InChI=1S/C23H22N4O5/c1-31-17-11-16(12-18(13-17)32-2)24-21(28)14-27-22(29)8-7-19(25-27)23(30)26-10-9-15-5-3-4-6-20(15)26/h3-8,11-13H,9-10,14H2,1-2H3,(H,24,28). The van der Waals surface area contributed by atoms with Crippen molar-refractivity contribution in [2.45, 2.75) is 13.0 Å². The Labute approximate surface area is 184 Å². The maximum atomic E-state index is 13.0. The molecule has 0 radical (unpaired) electrons. The van der Waals surface area contributed by atoms with Crippen LogP contribution < -0.4 is 25.2 Å². The van der Waals surface area contributed by atoms with Gasteiger partial charge in [-0.3, -0.25) is 14.4 Å². The van der Waals surface area contributed by atoms with Crippen LogP contribution in [-0.4, -0.2) is 42.4 Å². The number of para-hydroxylation sites is 1. The Bertz CT molecular complexity index is 1210. The van der Waals surface area contributed by atoms with Gasteiger partial charge < -0.3 is 19.7 Å². The summed E-state index contributed by atoms with van der Waals surface area (Å²) in [6.45, 7) is 0.188. The first-order valence-corrected chi connectivity index (χ1v) is 9.99. The Morgan fingerprint density at radius 3 is 2.47 bits per heavy atom. The van der Waals surface area contributed by atoms with Gasteiger partial charge in [0, 0.05) is 42.2 Å². The van der Waals surface area contributed by atoms with Crippen molar-refractivity contribution < 1.29 is 19.1 Å². The van der Waals surface area contributed by atoms with Gasteiger partial charge in [0.25, 0.3) is 11.5 Å². The van der Waals surface area contributed by atoms with Gasteiger partial charge >= 0.3 is 0 Å². The summed E-state index contributed by atoms with van der Waals surface area (Å²) in [6, 6.07) is 15.2. The van der Waals surface area contributed by atoms with Crippen molar-refractivity contribution in [3.05, 3.63) is 76.2 Å². The molecule has 2 aromatic carbocycles. The number of nitrogens with zero attached hydrogens (tertiary/aromatic N) is 3. The van der Waals surface area contributed by atoms with E-state index in [2.05, 4.69) is 10.4 Å². The van der Waals surface area contributed by atoms with Crippen LogP contribution in [0.5, 0.6) is 11.5 Å². The van der Waals surface area contributed by atoms with E-state index in [-0.39, 0.29) is 18.1 Å². The lowest BCUT2D eigenvalue weighted by molar-refractivity contribution is -0.117. The van der Waals surface area contributed by atoms with Crippen LogP contribution in [0.1, 0.15) is 16.1 Å². The van der Waals surface area contributed by atoms with Crippen molar-refractivity contribution in [3.8, 4) is 11.5 Å². The predicted molar refractivity (Wildman–Crippen MR) is 118 cm³/mol. The maximum Gasteiger partial charge on any atom is 0.278 e. The first-order chi connectivity index (χ1) is 15.5. The normalized spacial score (nSPS) is 12.2. The third kappa shape index (κ3) is 4.31. The average Bonchev–Trinajstić information content (AvgIpc) is 3.23. The highest BCUT2D eigenvalue weighted by molar-refractivity contribution is 6.06. The van der Waals surface area contributed by atoms with Crippen molar-refractivity contribution in [1.29, 1.82) is 0 Å². The van der Waals surface area contributed by atoms with Crippen LogP contribution in [0.15, 0.2) is 59.4 Å². The lowest BCUT2D eigenvalue weighted by Crippen LogP contribution is -2.34. The molecule has 32 heavy (non-hydrogen) atoms. The smallest absolute Gasteiger partial charge is 0.278 e. The summed E-state index contributed by atoms with van der Waals surface area (Å²) in [6.07, 6.45) is 0.758. The molecule has 0 saturated heterocycles. The van der Waals surface area contributed by atoms with Gasteiger partial charge in [0.1, 0.15) is 23.7 Å².